The summed E-state index contributed by atoms with van der Waals surface area (Å²) in [5.41, 5.74) is 6.56. The molecule has 54 valence electrons. The molecule has 1 N–H and O–H groups in total. The zero-order valence-electron chi connectivity index (χ0n) is 4.40. The second kappa shape index (κ2) is 16.0. The van der Waals surface area contributed by atoms with Crippen molar-refractivity contribution < 1.29 is 11.2 Å². The van der Waals surface area contributed by atoms with Crippen molar-refractivity contribution in [2.45, 2.75) is 12.8 Å². The van der Waals surface area contributed by atoms with E-state index >= 15 is 0 Å². The van der Waals surface area contributed by atoms with Crippen LogP contribution in [0, 0.1) is 6.92 Å². The maximum atomic E-state index is 6.56. The van der Waals surface area contributed by atoms with Gasteiger partial charge >= 0.3 is 49.9 Å². The standard InChI is InChI=1S/C4H9N.2HI.Pt/c1-2-3-4-5;;;/h5H,1-4H2;2*1H;/q-2;;;+4/p-2. The van der Waals surface area contributed by atoms with E-state index in [-0.39, 0.29) is 0 Å². The van der Waals surface area contributed by atoms with Crippen molar-refractivity contribution in [2.75, 3.05) is 6.54 Å². The summed E-state index contributed by atoms with van der Waals surface area (Å²) < 4.78 is 0. The molecule has 0 aliphatic carbocycles. The van der Waals surface area contributed by atoms with Gasteiger partial charge in [0.25, 0.3) is 0 Å². The molecular weight excluding hydrogens is 511 g/mol. The van der Waals surface area contributed by atoms with Crippen LogP contribution in [0.15, 0.2) is 0 Å². The first-order valence-electron chi connectivity index (χ1n) is 2.09. The molecule has 8 heavy (non-hydrogen) atoms. The zero-order chi connectivity index (χ0) is 6.83. The van der Waals surface area contributed by atoms with Crippen molar-refractivity contribution >= 4 is 38.7 Å². The van der Waals surface area contributed by atoms with Crippen LogP contribution in [0.25, 0.3) is 5.73 Å². The molecule has 0 fully saturated rings. The molecule has 0 saturated carbocycles. The van der Waals surface area contributed by atoms with E-state index in [9.17, 15) is 0 Å². The van der Waals surface area contributed by atoms with E-state index in [4.69, 9.17) is 5.73 Å². The molecule has 0 amide bonds. The fourth-order valence-electron chi connectivity index (χ4n) is 0.125. The van der Waals surface area contributed by atoms with Crippen LogP contribution >= 0.6 is 38.7 Å². The quantitative estimate of drug-likeness (QED) is 0.394. The molecule has 0 rings (SSSR count). The molecule has 0 aliphatic heterocycles. The van der Waals surface area contributed by atoms with Crippen LogP contribution in [0.5, 0.6) is 0 Å². The van der Waals surface area contributed by atoms with Crippen molar-refractivity contribution in [1.82, 2.24) is 0 Å². The summed E-state index contributed by atoms with van der Waals surface area (Å²) in [6.45, 7) is 4.09. The minimum absolute atomic E-state index is 0.523. The number of halogens is 2. The van der Waals surface area contributed by atoms with Gasteiger partial charge in [0, 0.05) is 0 Å². The van der Waals surface area contributed by atoms with Gasteiger partial charge in [-0.3, -0.25) is 0 Å². The second-order valence-electron chi connectivity index (χ2n) is 1.00. The zero-order valence-corrected chi connectivity index (χ0v) is 11.0. The summed E-state index contributed by atoms with van der Waals surface area (Å²) in [4.78, 5) is 0. The second-order valence-corrected chi connectivity index (χ2v) is 17.6. The summed E-state index contributed by atoms with van der Waals surface area (Å²) >= 11 is 5.30. The Kier molecular flexibility index (Phi) is 25.6. The van der Waals surface area contributed by atoms with Gasteiger partial charge in [0.05, 0.1) is 0 Å². The Morgan fingerprint density at radius 2 is 1.88 bits per heavy atom. The number of nitrogens with one attached hydrogen (secondary N) is 1. The van der Waals surface area contributed by atoms with Crippen molar-refractivity contribution in [2.24, 2.45) is 0 Å². The Morgan fingerprint density at radius 3 is 1.88 bits per heavy atom. The van der Waals surface area contributed by atoms with E-state index in [1.165, 1.54) is 0 Å². The topological polar surface area (TPSA) is 23.8 Å². The van der Waals surface area contributed by atoms with Crippen molar-refractivity contribution in [3.05, 3.63) is 12.7 Å². The molecule has 0 aliphatic rings. The molecule has 0 atom stereocenters. The van der Waals surface area contributed by atoms with Gasteiger partial charge in [-0.05, 0) is 0 Å². The van der Waals surface area contributed by atoms with E-state index in [1.807, 2.05) is 0 Å². The first-order valence-corrected chi connectivity index (χ1v) is 15.0. The maximum absolute atomic E-state index is 6.56. The first-order chi connectivity index (χ1) is 3.83. The van der Waals surface area contributed by atoms with Gasteiger partial charge in [0.15, 0.2) is 0 Å². The van der Waals surface area contributed by atoms with Gasteiger partial charge < -0.3 is 12.7 Å². The molecule has 0 heterocycles. The van der Waals surface area contributed by atoms with E-state index < -0.39 is 0 Å². The Bertz CT molecular complexity index is 28.0. The van der Waals surface area contributed by atoms with Gasteiger partial charge in [0.2, 0.25) is 0 Å². The fraction of sp³-hybridized carbons (Fsp3) is 0.750. The van der Waals surface area contributed by atoms with Gasteiger partial charge in [-0.2, -0.15) is 13.0 Å². The van der Waals surface area contributed by atoms with E-state index in [1.54, 1.807) is 0 Å². The SMILES string of the molecule is [CH2-]CCC[NH-].[I][Pt+2][I]. The van der Waals surface area contributed by atoms with Crippen LogP contribution in [0.2, 0.25) is 0 Å². The third-order valence-electron chi connectivity index (χ3n) is 0.427. The van der Waals surface area contributed by atoms with Gasteiger partial charge in [-0.25, -0.2) is 0 Å². The summed E-state index contributed by atoms with van der Waals surface area (Å²) in [6.07, 6.45) is 1.85. The molecule has 0 saturated heterocycles. The average Bonchev–Trinajstić information content (AvgIpc) is 1.71. The third-order valence-corrected chi connectivity index (χ3v) is 0.427. The third kappa shape index (κ3) is 24.3. The van der Waals surface area contributed by atoms with Crippen LogP contribution in [-0.2, 0) is 11.2 Å². The van der Waals surface area contributed by atoms with Crippen LogP contribution < -0.4 is 0 Å². The van der Waals surface area contributed by atoms with Crippen molar-refractivity contribution in [1.29, 1.82) is 0 Å². The number of unbranched alkanes of at least 4 members (excludes halogenated alkanes) is 1. The van der Waals surface area contributed by atoms with Crippen molar-refractivity contribution in [3.63, 3.8) is 0 Å². The number of hydrogen-bond donors (Lipinski definition) is 0. The van der Waals surface area contributed by atoms with E-state index in [0.29, 0.717) is 17.7 Å². The van der Waals surface area contributed by atoms with Crippen LogP contribution in [0.4, 0.5) is 0 Å². The Balaban J connectivity index is 0. The first kappa shape index (κ1) is 12.8. The molecule has 0 aromatic rings. The average molecular weight is 520 g/mol. The van der Waals surface area contributed by atoms with Crippen LogP contribution in [-0.4, -0.2) is 6.54 Å². The molecule has 4 heteroatoms. The number of rotatable bonds is 2. The summed E-state index contributed by atoms with van der Waals surface area (Å²) in [6, 6.07) is 0. The molecule has 0 unspecified atom stereocenters. The fourth-order valence-corrected chi connectivity index (χ4v) is 0.125. The monoisotopic (exact) mass is 520 g/mol. The number of hydrogen-bond acceptors (Lipinski definition) is 0. The molecule has 0 aromatic carbocycles. The summed E-state index contributed by atoms with van der Waals surface area (Å²) in [5, 5.41) is 0. The van der Waals surface area contributed by atoms with E-state index in [2.05, 4.69) is 45.6 Å². The van der Waals surface area contributed by atoms with E-state index in [0.717, 1.165) is 12.8 Å². The summed E-state index contributed by atoms with van der Waals surface area (Å²) in [7, 11) is 0. The van der Waals surface area contributed by atoms with Crippen LogP contribution in [0.1, 0.15) is 12.8 Å². The van der Waals surface area contributed by atoms with Crippen molar-refractivity contribution in [3.8, 4) is 0 Å². The molecule has 0 spiro atoms. The van der Waals surface area contributed by atoms with Gasteiger partial charge in [0.1, 0.15) is 0 Å². The Morgan fingerprint density at radius 1 is 1.50 bits per heavy atom. The predicted molar refractivity (Wildman–Crippen MR) is 51.8 cm³/mol. The molecule has 0 radical (unpaired) electrons. The normalized spacial score (nSPS) is 8.00. The minimum atomic E-state index is 0.523. The predicted octanol–water partition coefficient (Wildman–Crippen LogP) is 3.42. The van der Waals surface area contributed by atoms with Crippen LogP contribution in [0.3, 0.4) is 0 Å². The molecule has 0 aromatic heterocycles. The van der Waals surface area contributed by atoms with Gasteiger partial charge in [-0.15, -0.1) is 0 Å². The molecular formula is C4H9I2NPt. The van der Waals surface area contributed by atoms with Gasteiger partial charge in [-0.1, -0.05) is 6.42 Å². The molecule has 0 bridgehead atoms. The Labute approximate surface area is 80.7 Å². The Hall–Kier alpha value is 2.11. The molecule has 1 nitrogen and oxygen atoms in total. The summed E-state index contributed by atoms with van der Waals surface area (Å²) in [5.74, 6) is 0.